The second-order valence-corrected chi connectivity index (χ2v) is 5.44. The summed E-state index contributed by atoms with van der Waals surface area (Å²) in [5.74, 6) is -0.319. The van der Waals surface area contributed by atoms with Crippen molar-refractivity contribution in [3.8, 4) is 0 Å². The molecule has 21 heavy (non-hydrogen) atoms. The number of aromatic nitrogens is 1. The molecule has 0 aliphatic rings. The number of halogens is 1. The van der Waals surface area contributed by atoms with Crippen LogP contribution in [0.15, 0.2) is 54.9 Å². The van der Waals surface area contributed by atoms with Gasteiger partial charge >= 0.3 is 0 Å². The van der Waals surface area contributed by atoms with E-state index in [1.807, 2.05) is 24.3 Å². The molecule has 0 aliphatic carbocycles. The number of hydrogen-bond acceptors (Lipinski definition) is 2. The first kappa shape index (κ1) is 13.7. The van der Waals surface area contributed by atoms with E-state index >= 15 is 0 Å². The Morgan fingerprint density at radius 1 is 1.10 bits per heavy atom. The van der Waals surface area contributed by atoms with Gasteiger partial charge in [-0.05, 0) is 36.4 Å². The molecule has 0 fully saturated rings. The standard InChI is InChI=1S/C18H16FNO/c1-12-7-8-14(9-17(12)19)18(2,21)16-11-20-10-13-5-3-4-6-15(13)16/h3-11,21H,1-2H3. The molecule has 2 aromatic carbocycles. The summed E-state index contributed by atoms with van der Waals surface area (Å²) in [4.78, 5) is 4.19. The zero-order chi connectivity index (χ0) is 15.0. The monoisotopic (exact) mass is 281 g/mol. The number of benzene rings is 2. The van der Waals surface area contributed by atoms with Crippen molar-refractivity contribution in [3.63, 3.8) is 0 Å². The maximum absolute atomic E-state index is 13.8. The smallest absolute Gasteiger partial charge is 0.126 e. The molecule has 1 unspecified atom stereocenters. The van der Waals surface area contributed by atoms with E-state index in [1.165, 1.54) is 6.07 Å². The third-order valence-electron chi connectivity index (χ3n) is 3.93. The summed E-state index contributed by atoms with van der Waals surface area (Å²) in [7, 11) is 0. The molecule has 1 heterocycles. The van der Waals surface area contributed by atoms with Crippen LogP contribution in [0.2, 0.25) is 0 Å². The largest absolute Gasteiger partial charge is 0.381 e. The molecule has 1 atom stereocenters. The molecular formula is C18H16FNO. The Kier molecular flexibility index (Phi) is 3.22. The van der Waals surface area contributed by atoms with E-state index in [-0.39, 0.29) is 5.82 Å². The van der Waals surface area contributed by atoms with E-state index in [4.69, 9.17) is 0 Å². The van der Waals surface area contributed by atoms with Crippen LogP contribution in [-0.2, 0) is 5.60 Å². The zero-order valence-electron chi connectivity index (χ0n) is 12.0. The average Bonchev–Trinajstić information content (AvgIpc) is 2.49. The Morgan fingerprint density at radius 3 is 2.62 bits per heavy atom. The summed E-state index contributed by atoms with van der Waals surface area (Å²) in [5.41, 5.74) is 0.445. The highest BCUT2D eigenvalue weighted by atomic mass is 19.1. The molecule has 0 saturated carbocycles. The molecule has 1 aromatic heterocycles. The van der Waals surface area contributed by atoms with E-state index < -0.39 is 5.60 Å². The quantitative estimate of drug-likeness (QED) is 0.772. The minimum atomic E-state index is -1.30. The van der Waals surface area contributed by atoms with E-state index in [2.05, 4.69) is 4.98 Å². The number of fused-ring (bicyclic) bond motifs is 1. The van der Waals surface area contributed by atoms with E-state index in [0.717, 1.165) is 10.8 Å². The second-order valence-electron chi connectivity index (χ2n) is 5.44. The predicted octanol–water partition coefficient (Wildman–Crippen LogP) is 3.94. The third-order valence-corrected chi connectivity index (χ3v) is 3.93. The SMILES string of the molecule is Cc1ccc(C(C)(O)c2cncc3ccccc23)cc1F. The van der Waals surface area contributed by atoms with Crippen molar-refractivity contribution < 1.29 is 9.50 Å². The number of nitrogens with zero attached hydrogens (tertiary/aromatic N) is 1. The first-order valence-corrected chi connectivity index (χ1v) is 6.82. The number of pyridine rings is 1. The summed E-state index contributed by atoms with van der Waals surface area (Å²) in [6, 6.07) is 12.5. The summed E-state index contributed by atoms with van der Waals surface area (Å²) in [5, 5.41) is 12.8. The van der Waals surface area contributed by atoms with Gasteiger partial charge in [-0.2, -0.15) is 0 Å². The first-order chi connectivity index (χ1) is 10.00. The van der Waals surface area contributed by atoms with Crippen molar-refractivity contribution in [2.45, 2.75) is 19.4 Å². The third kappa shape index (κ3) is 2.30. The van der Waals surface area contributed by atoms with Gasteiger partial charge in [-0.1, -0.05) is 36.4 Å². The molecule has 1 N–H and O–H groups in total. The predicted molar refractivity (Wildman–Crippen MR) is 81.6 cm³/mol. The van der Waals surface area contributed by atoms with Crippen molar-refractivity contribution in [2.24, 2.45) is 0 Å². The first-order valence-electron chi connectivity index (χ1n) is 6.82. The van der Waals surface area contributed by atoms with Crippen molar-refractivity contribution >= 4 is 10.8 Å². The van der Waals surface area contributed by atoms with Crippen molar-refractivity contribution in [3.05, 3.63) is 77.4 Å². The lowest BCUT2D eigenvalue weighted by atomic mass is 9.86. The van der Waals surface area contributed by atoms with Gasteiger partial charge in [0.25, 0.3) is 0 Å². The molecule has 3 heteroatoms. The summed E-state index contributed by atoms with van der Waals surface area (Å²) in [6.07, 6.45) is 3.39. The van der Waals surface area contributed by atoms with Gasteiger partial charge in [-0.25, -0.2) is 4.39 Å². The van der Waals surface area contributed by atoms with Crippen molar-refractivity contribution in [2.75, 3.05) is 0 Å². The highest BCUT2D eigenvalue weighted by Gasteiger charge is 2.28. The van der Waals surface area contributed by atoms with Gasteiger partial charge in [0.15, 0.2) is 0 Å². The zero-order valence-corrected chi connectivity index (χ0v) is 12.0. The van der Waals surface area contributed by atoms with Gasteiger partial charge in [-0.3, -0.25) is 4.98 Å². The highest BCUT2D eigenvalue weighted by molar-refractivity contribution is 5.85. The average molecular weight is 281 g/mol. The van der Waals surface area contributed by atoms with Crippen molar-refractivity contribution in [1.29, 1.82) is 0 Å². The van der Waals surface area contributed by atoms with E-state index in [0.29, 0.717) is 16.7 Å². The van der Waals surface area contributed by atoms with Crippen LogP contribution in [0.3, 0.4) is 0 Å². The molecule has 2 nitrogen and oxygen atoms in total. The van der Waals surface area contributed by atoms with E-state index in [1.54, 1.807) is 38.4 Å². The molecule has 0 amide bonds. The van der Waals surface area contributed by atoms with Gasteiger partial charge in [0.1, 0.15) is 11.4 Å². The highest BCUT2D eigenvalue weighted by Crippen LogP contribution is 2.34. The maximum atomic E-state index is 13.8. The lowest BCUT2D eigenvalue weighted by Crippen LogP contribution is -2.23. The van der Waals surface area contributed by atoms with Gasteiger partial charge in [0, 0.05) is 23.3 Å². The molecule has 0 saturated heterocycles. The van der Waals surface area contributed by atoms with Crippen LogP contribution < -0.4 is 0 Å². The van der Waals surface area contributed by atoms with Gasteiger partial charge in [0.05, 0.1) is 0 Å². The van der Waals surface area contributed by atoms with Gasteiger partial charge in [-0.15, -0.1) is 0 Å². The summed E-state index contributed by atoms with van der Waals surface area (Å²) >= 11 is 0. The number of aliphatic hydroxyl groups is 1. The Balaban J connectivity index is 2.22. The van der Waals surface area contributed by atoms with Crippen LogP contribution in [0.4, 0.5) is 4.39 Å². The Morgan fingerprint density at radius 2 is 1.86 bits per heavy atom. The molecule has 0 bridgehead atoms. The fraction of sp³-hybridized carbons (Fsp3) is 0.167. The van der Waals surface area contributed by atoms with Crippen LogP contribution in [0.25, 0.3) is 10.8 Å². The Hall–Kier alpha value is -2.26. The van der Waals surface area contributed by atoms with Crippen LogP contribution in [0.1, 0.15) is 23.6 Å². The van der Waals surface area contributed by atoms with Crippen LogP contribution in [0, 0.1) is 12.7 Å². The number of aryl methyl sites for hydroxylation is 1. The lowest BCUT2D eigenvalue weighted by Gasteiger charge is -2.26. The summed E-state index contributed by atoms with van der Waals surface area (Å²) < 4.78 is 13.8. The number of hydrogen-bond donors (Lipinski definition) is 1. The Labute approximate surface area is 122 Å². The number of rotatable bonds is 2. The molecular weight excluding hydrogens is 265 g/mol. The minimum Gasteiger partial charge on any atom is -0.381 e. The normalized spacial score (nSPS) is 14.1. The van der Waals surface area contributed by atoms with Crippen LogP contribution >= 0.6 is 0 Å². The second kappa shape index (κ2) is 4.93. The summed E-state index contributed by atoms with van der Waals surface area (Å²) in [6.45, 7) is 3.37. The fourth-order valence-electron chi connectivity index (χ4n) is 2.56. The van der Waals surface area contributed by atoms with Gasteiger partial charge in [0.2, 0.25) is 0 Å². The Bertz CT molecular complexity index is 806. The van der Waals surface area contributed by atoms with Crippen LogP contribution in [0.5, 0.6) is 0 Å². The topological polar surface area (TPSA) is 33.1 Å². The fourth-order valence-corrected chi connectivity index (χ4v) is 2.56. The molecule has 3 rings (SSSR count). The molecule has 0 spiro atoms. The lowest BCUT2D eigenvalue weighted by molar-refractivity contribution is 0.103. The minimum absolute atomic E-state index is 0.319. The molecule has 0 radical (unpaired) electrons. The van der Waals surface area contributed by atoms with Gasteiger partial charge < -0.3 is 5.11 Å². The van der Waals surface area contributed by atoms with Crippen LogP contribution in [-0.4, -0.2) is 10.1 Å². The van der Waals surface area contributed by atoms with Crippen molar-refractivity contribution in [1.82, 2.24) is 4.98 Å². The molecule has 3 aromatic rings. The molecule has 106 valence electrons. The van der Waals surface area contributed by atoms with E-state index in [9.17, 15) is 9.50 Å². The maximum Gasteiger partial charge on any atom is 0.126 e. The molecule has 0 aliphatic heterocycles.